The molecule has 0 aromatic carbocycles. The van der Waals surface area contributed by atoms with Crippen LogP contribution in [0.2, 0.25) is 0 Å². The highest BCUT2D eigenvalue weighted by Crippen LogP contribution is 2.35. The van der Waals surface area contributed by atoms with Crippen LogP contribution in [0.3, 0.4) is 0 Å². The molecule has 1 aliphatic carbocycles. The number of hydrogen-bond donors (Lipinski definition) is 1. The first-order valence-electron chi connectivity index (χ1n) is 6.41. The number of likely N-dealkylation sites (N-methyl/N-ethyl adjacent to an activating group) is 2. The predicted octanol–water partition coefficient (Wildman–Crippen LogP) is 2.49. The topological polar surface area (TPSA) is 15.3 Å². The number of nitrogens with one attached hydrogen (secondary N) is 1. The van der Waals surface area contributed by atoms with Crippen molar-refractivity contribution in [3.05, 3.63) is 0 Å². The molecule has 0 bridgehead atoms. The Labute approximate surface area is 95.4 Å². The lowest BCUT2D eigenvalue weighted by Crippen LogP contribution is -2.58. The summed E-state index contributed by atoms with van der Waals surface area (Å²) in [5.74, 6) is 0.877. The quantitative estimate of drug-likeness (QED) is 0.753. The average Bonchev–Trinajstić information content (AvgIpc) is 2.71. The van der Waals surface area contributed by atoms with Crippen molar-refractivity contribution < 1.29 is 0 Å². The Hall–Kier alpha value is -0.0800. The van der Waals surface area contributed by atoms with Gasteiger partial charge in [0, 0.05) is 11.6 Å². The highest BCUT2D eigenvalue weighted by Gasteiger charge is 2.39. The Morgan fingerprint density at radius 1 is 1.33 bits per heavy atom. The van der Waals surface area contributed by atoms with Gasteiger partial charge in [0.25, 0.3) is 0 Å². The fraction of sp³-hybridized carbons (Fsp3) is 1.00. The summed E-state index contributed by atoms with van der Waals surface area (Å²) in [4.78, 5) is 2.40. The zero-order chi connectivity index (χ0) is 11.5. The van der Waals surface area contributed by atoms with E-state index in [0.717, 1.165) is 5.92 Å². The predicted molar refractivity (Wildman–Crippen MR) is 67.2 cm³/mol. The fourth-order valence-electron chi connectivity index (χ4n) is 3.16. The van der Waals surface area contributed by atoms with Crippen LogP contribution in [0.15, 0.2) is 0 Å². The van der Waals surface area contributed by atoms with Crippen molar-refractivity contribution in [1.82, 2.24) is 10.2 Å². The van der Waals surface area contributed by atoms with E-state index in [2.05, 4.69) is 45.2 Å². The summed E-state index contributed by atoms with van der Waals surface area (Å²) >= 11 is 0. The molecule has 90 valence electrons. The molecule has 1 aliphatic rings. The minimum atomic E-state index is 0.295. The molecule has 0 radical (unpaired) electrons. The van der Waals surface area contributed by atoms with Gasteiger partial charge in [-0.2, -0.15) is 0 Å². The van der Waals surface area contributed by atoms with Crippen molar-refractivity contribution in [3.63, 3.8) is 0 Å². The third-order valence-electron chi connectivity index (χ3n) is 4.59. The Morgan fingerprint density at radius 2 is 1.87 bits per heavy atom. The summed E-state index contributed by atoms with van der Waals surface area (Å²) in [6.07, 6.45) is 6.89. The van der Waals surface area contributed by atoms with Crippen LogP contribution in [0, 0.1) is 5.92 Å². The van der Waals surface area contributed by atoms with Gasteiger partial charge < -0.3 is 10.2 Å². The molecule has 1 saturated carbocycles. The van der Waals surface area contributed by atoms with E-state index in [9.17, 15) is 0 Å². The maximum Gasteiger partial charge on any atom is 0.0328 e. The minimum absolute atomic E-state index is 0.295. The summed E-state index contributed by atoms with van der Waals surface area (Å²) in [6, 6.07) is 0.639. The molecule has 2 nitrogen and oxygen atoms in total. The van der Waals surface area contributed by atoms with Gasteiger partial charge in [-0.15, -0.1) is 0 Å². The average molecular weight is 212 g/mol. The van der Waals surface area contributed by atoms with Crippen LogP contribution in [-0.4, -0.2) is 37.6 Å². The molecule has 15 heavy (non-hydrogen) atoms. The smallest absolute Gasteiger partial charge is 0.0328 e. The van der Waals surface area contributed by atoms with E-state index in [1.165, 1.54) is 32.1 Å². The first-order chi connectivity index (χ1) is 7.06. The van der Waals surface area contributed by atoms with Crippen LogP contribution in [-0.2, 0) is 0 Å². The normalized spacial score (nSPS) is 24.4. The second kappa shape index (κ2) is 5.31. The highest BCUT2D eigenvalue weighted by atomic mass is 15.2. The Bertz CT molecular complexity index is 185. The molecule has 0 aliphatic heterocycles. The Kier molecular flexibility index (Phi) is 4.60. The summed E-state index contributed by atoms with van der Waals surface area (Å²) < 4.78 is 0. The third kappa shape index (κ3) is 2.54. The van der Waals surface area contributed by atoms with Crippen molar-refractivity contribution in [1.29, 1.82) is 0 Å². The third-order valence-corrected chi connectivity index (χ3v) is 4.59. The molecule has 0 aromatic rings. The van der Waals surface area contributed by atoms with Gasteiger partial charge in [-0.1, -0.05) is 19.8 Å². The summed E-state index contributed by atoms with van der Waals surface area (Å²) in [6.45, 7) is 4.70. The van der Waals surface area contributed by atoms with Gasteiger partial charge >= 0.3 is 0 Å². The van der Waals surface area contributed by atoms with Crippen molar-refractivity contribution in [2.24, 2.45) is 5.92 Å². The van der Waals surface area contributed by atoms with E-state index in [4.69, 9.17) is 0 Å². The van der Waals surface area contributed by atoms with E-state index in [1.54, 1.807) is 0 Å². The zero-order valence-corrected chi connectivity index (χ0v) is 11.1. The molecule has 0 saturated heterocycles. The van der Waals surface area contributed by atoms with Gasteiger partial charge in [-0.3, -0.25) is 0 Å². The Balaban J connectivity index is 2.77. The van der Waals surface area contributed by atoms with E-state index < -0.39 is 0 Å². The minimum Gasteiger partial charge on any atom is -0.315 e. The lowest BCUT2D eigenvalue weighted by Gasteiger charge is -2.45. The number of nitrogens with zero attached hydrogens (tertiary/aromatic N) is 1. The van der Waals surface area contributed by atoms with Gasteiger partial charge in [0.15, 0.2) is 0 Å². The van der Waals surface area contributed by atoms with Gasteiger partial charge in [-0.25, -0.2) is 0 Å². The second-order valence-electron chi connectivity index (χ2n) is 5.42. The first-order valence-corrected chi connectivity index (χ1v) is 6.41. The standard InChI is InChI=1S/C13H28N2/c1-6-13(2,15(4)5)12(14-3)11-9-7-8-10-11/h11-12,14H,6-10H2,1-5H3. The molecule has 2 unspecified atom stereocenters. The summed E-state index contributed by atoms with van der Waals surface area (Å²) in [5, 5.41) is 3.58. The molecular formula is C13H28N2. The second-order valence-corrected chi connectivity index (χ2v) is 5.42. The highest BCUT2D eigenvalue weighted by molar-refractivity contribution is 4.98. The van der Waals surface area contributed by atoms with Gasteiger partial charge in [-0.05, 0) is 53.2 Å². The van der Waals surface area contributed by atoms with Crippen molar-refractivity contribution in [2.75, 3.05) is 21.1 Å². The summed E-state index contributed by atoms with van der Waals surface area (Å²) in [5.41, 5.74) is 0.295. The van der Waals surface area contributed by atoms with E-state index >= 15 is 0 Å². The maximum atomic E-state index is 3.58. The van der Waals surface area contributed by atoms with Crippen LogP contribution in [0.1, 0.15) is 46.0 Å². The molecule has 2 heteroatoms. The maximum absolute atomic E-state index is 3.58. The molecule has 0 spiro atoms. The van der Waals surface area contributed by atoms with Gasteiger partial charge in [0.05, 0.1) is 0 Å². The molecule has 1 fully saturated rings. The number of rotatable bonds is 5. The monoisotopic (exact) mass is 212 g/mol. The molecule has 1 rings (SSSR count). The van der Waals surface area contributed by atoms with Crippen LogP contribution >= 0.6 is 0 Å². The van der Waals surface area contributed by atoms with E-state index in [1.807, 2.05) is 0 Å². The largest absolute Gasteiger partial charge is 0.315 e. The fourth-order valence-corrected chi connectivity index (χ4v) is 3.16. The molecule has 1 N–H and O–H groups in total. The van der Waals surface area contributed by atoms with Crippen LogP contribution < -0.4 is 5.32 Å². The summed E-state index contributed by atoms with van der Waals surface area (Å²) in [7, 11) is 6.55. The van der Waals surface area contributed by atoms with Crippen LogP contribution in [0.25, 0.3) is 0 Å². The first kappa shape index (κ1) is 13.0. The lowest BCUT2D eigenvalue weighted by molar-refractivity contribution is 0.0858. The molecule has 0 amide bonds. The van der Waals surface area contributed by atoms with E-state index in [0.29, 0.717) is 11.6 Å². The number of hydrogen-bond acceptors (Lipinski definition) is 2. The van der Waals surface area contributed by atoms with Gasteiger partial charge in [0.1, 0.15) is 0 Å². The zero-order valence-electron chi connectivity index (χ0n) is 11.1. The Morgan fingerprint density at radius 3 is 2.20 bits per heavy atom. The van der Waals surface area contributed by atoms with Crippen LogP contribution in [0.4, 0.5) is 0 Å². The van der Waals surface area contributed by atoms with Gasteiger partial charge in [0.2, 0.25) is 0 Å². The molecule has 2 atom stereocenters. The lowest BCUT2D eigenvalue weighted by atomic mass is 9.79. The van der Waals surface area contributed by atoms with Crippen molar-refractivity contribution in [3.8, 4) is 0 Å². The van der Waals surface area contributed by atoms with E-state index in [-0.39, 0.29) is 0 Å². The SMILES string of the molecule is CCC(C)(C(NC)C1CCCC1)N(C)C. The van der Waals surface area contributed by atoms with Crippen molar-refractivity contribution >= 4 is 0 Å². The molecular weight excluding hydrogens is 184 g/mol. The van der Waals surface area contributed by atoms with Crippen LogP contribution in [0.5, 0.6) is 0 Å². The van der Waals surface area contributed by atoms with Crippen molar-refractivity contribution in [2.45, 2.75) is 57.5 Å². The molecule has 0 aromatic heterocycles. The molecule has 0 heterocycles.